The molecule has 9 rings (SSSR count). The van der Waals surface area contributed by atoms with Crippen LogP contribution < -0.4 is 19.1 Å². The van der Waals surface area contributed by atoms with Gasteiger partial charge in [-0.1, -0.05) is 46.9 Å². The number of carbonyl (C=O) groups is 3. The summed E-state index contributed by atoms with van der Waals surface area (Å²) in [4.78, 5) is 61.7. The molecule has 1 aromatic carbocycles. The largest absolute Gasteiger partial charge is 0.619 e. The highest BCUT2D eigenvalue weighted by molar-refractivity contribution is 6.62. The van der Waals surface area contributed by atoms with Gasteiger partial charge in [0.15, 0.2) is 47.7 Å². The Bertz CT molecular complexity index is 3340. The molecule has 8 heterocycles. The molecule has 0 spiro atoms. The van der Waals surface area contributed by atoms with E-state index in [4.69, 9.17) is 39.9 Å². The number of halogens is 4. The van der Waals surface area contributed by atoms with Gasteiger partial charge in [-0.25, -0.2) is 0 Å². The number of aliphatic hydroxyl groups excluding tert-OH is 1. The third-order valence-corrected chi connectivity index (χ3v) is 14.2. The first kappa shape index (κ1) is 72.3. The molecule has 1 saturated heterocycles. The number of pyridine rings is 6. The topological polar surface area (TPSA) is 253 Å². The number of piperazine rings is 1. The van der Waals surface area contributed by atoms with E-state index in [-0.39, 0.29) is 23.3 Å². The van der Waals surface area contributed by atoms with Gasteiger partial charge >= 0.3 is 0 Å². The van der Waals surface area contributed by atoms with Crippen molar-refractivity contribution < 1.29 is 38.6 Å². The first-order chi connectivity index (χ1) is 39.6. The van der Waals surface area contributed by atoms with E-state index in [1.165, 1.54) is 48.4 Å². The van der Waals surface area contributed by atoms with Gasteiger partial charge in [0.25, 0.3) is 5.69 Å². The molecule has 2 aliphatic rings. The summed E-state index contributed by atoms with van der Waals surface area (Å²) in [7, 11) is 2.17. The minimum Gasteiger partial charge on any atom is -0.619 e. The number of ketones is 1. The summed E-state index contributed by atoms with van der Waals surface area (Å²) < 4.78 is 2.29. The summed E-state index contributed by atoms with van der Waals surface area (Å²) in [5.74, 6) is 0.0629. The van der Waals surface area contributed by atoms with Gasteiger partial charge in [-0.2, -0.15) is 14.2 Å². The molecule has 0 radical (unpaired) electrons. The van der Waals surface area contributed by atoms with Gasteiger partial charge in [-0.15, -0.1) is 0 Å². The van der Waals surface area contributed by atoms with Crippen molar-refractivity contribution >= 4 is 86.5 Å². The van der Waals surface area contributed by atoms with Crippen LogP contribution in [0.25, 0.3) is 0 Å². The van der Waals surface area contributed by atoms with Gasteiger partial charge in [0, 0.05) is 135 Å². The number of aldehydes is 1. The second-order valence-corrected chi connectivity index (χ2v) is 20.7. The number of allylic oxidation sites excluding steroid dienone is 2. The zero-order valence-electron chi connectivity index (χ0n) is 49.5. The number of aliphatic hydroxyl groups is 1. The maximum absolute atomic E-state index is 11.1. The number of aromatic nitrogens is 6. The average Bonchev–Trinajstić information content (AvgIpc) is 3.62. The van der Waals surface area contributed by atoms with E-state index in [2.05, 4.69) is 79.6 Å². The van der Waals surface area contributed by atoms with Crippen molar-refractivity contribution in [3.8, 4) is 0 Å². The first-order valence-electron chi connectivity index (χ1n) is 26.0. The lowest BCUT2D eigenvalue weighted by atomic mass is 10.1. The summed E-state index contributed by atoms with van der Waals surface area (Å²) in [6.45, 7) is 25.2. The predicted molar refractivity (Wildman–Crippen MR) is 333 cm³/mol. The molecular formula is C61H72Cl4N10O9. The Kier molecular flexibility index (Phi) is 31.6. The number of nitro groups is 1. The van der Waals surface area contributed by atoms with Gasteiger partial charge in [0.05, 0.1) is 39.6 Å². The summed E-state index contributed by atoms with van der Waals surface area (Å²) in [6, 6.07) is 20.2. The number of aryl methyl sites for hydroxylation is 3. The molecule has 23 heteroatoms. The molecule has 6 aromatic heterocycles. The van der Waals surface area contributed by atoms with Crippen LogP contribution in [0, 0.1) is 95.0 Å². The van der Waals surface area contributed by atoms with E-state index in [0.29, 0.717) is 54.4 Å². The summed E-state index contributed by atoms with van der Waals surface area (Å²) in [5.41, 5.74) is 13.7. The molecular weight excluding hydrogens is 1160 g/mol. The maximum Gasteiger partial charge on any atom is 0.284 e. The molecule has 19 nitrogen and oxygen atoms in total. The van der Waals surface area contributed by atoms with Crippen LogP contribution in [-0.2, 0) is 22.6 Å². The SMILES string of the molecule is CC(=O)/C=C/C1=Nc2cccc(N3CCN(C)CC3)c2C1.CC(=O)Cl.Cc1c(Cl)cc[n+]([O-])c1C.Cc1c(Cl)ccnc1C=O.Cc1c(Cl)ccnc1CO.Cc1c([N+](=O)[O-])cc[n+]([O-])c1C.Cc1ccc[n+]([O-])c1C.Cc1cccnc1C. The van der Waals surface area contributed by atoms with Gasteiger partial charge in [0.2, 0.25) is 5.24 Å². The number of aliphatic imine (C=N–C) groups is 1. The Labute approximate surface area is 511 Å². The summed E-state index contributed by atoms with van der Waals surface area (Å²) in [6.07, 6.45) is 13.9. The average molecular weight is 1230 g/mol. The number of rotatable bonds is 6. The lowest BCUT2D eigenvalue weighted by molar-refractivity contribution is -0.613. The predicted octanol–water partition coefficient (Wildman–Crippen LogP) is 11.4. The molecule has 0 saturated carbocycles. The van der Waals surface area contributed by atoms with Crippen LogP contribution in [0.5, 0.6) is 0 Å². The van der Waals surface area contributed by atoms with E-state index in [1.54, 1.807) is 71.2 Å². The zero-order chi connectivity index (χ0) is 63.4. The minimum atomic E-state index is -0.498. The molecule has 2 aliphatic heterocycles. The maximum atomic E-state index is 11.1. The van der Waals surface area contributed by atoms with E-state index in [1.807, 2.05) is 59.0 Å². The molecule has 448 valence electrons. The second kappa shape index (κ2) is 36.7. The van der Waals surface area contributed by atoms with Crippen LogP contribution >= 0.6 is 46.4 Å². The van der Waals surface area contributed by atoms with Gasteiger partial charge in [0.1, 0.15) is 5.69 Å². The fraction of sp³-hybridized carbons (Fsp3) is 0.311. The van der Waals surface area contributed by atoms with Crippen molar-refractivity contribution in [2.45, 2.75) is 96.1 Å². The number of fused-ring (bicyclic) bond motifs is 1. The third-order valence-electron chi connectivity index (χ3n) is 12.9. The van der Waals surface area contributed by atoms with Crippen molar-refractivity contribution in [1.82, 2.24) is 19.9 Å². The van der Waals surface area contributed by atoms with Crippen LogP contribution in [0.3, 0.4) is 0 Å². The molecule has 7 aromatic rings. The minimum absolute atomic E-state index is 0.0143. The van der Waals surface area contributed by atoms with Crippen LogP contribution in [0.2, 0.25) is 15.1 Å². The summed E-state index contributed by atoms with van der Waals surface area (Å²) >= 11 is 21.8. The van der Waals surface area contributed by atoms with Crippen LogP contribution in [0.15, 0.2) is 121 Å². The smallest absolute Gasteiger partial charge is 0.284 e. The van der Waals surface area contributed by atoms with Gasteiger partial charge in [-0.05, 0) is 139 Å². The van der Waals surface area contributed by atoms with Crippen molar-refractivity contribution in [3.63, 3.8) is 0 Å². The number of likely N-dealkylation sites (N-methyl/N-ethyl adjacent to an activating group) is 1. The van der Waals surface area contributed by atoms with E-state index in [9.17, 15) is 40.1 Å². The Morgan fingerprint density at radius 3 is 1.70 bits per heavy atom. The van der Waals surface area contributed by atoms with Crippen LogP contribution in [-0.4, -0.2) is 86.1 Å². The third kappa shape index (κ3) is 24.2. The fourth-order valence-corrected chi connectivity index (χ4v) is 7.61. The Balaban J connectivity index is 0.000000340. The summed E-state index contributed by atoms with van der Waals surface area (Å²) in [5, 5.41) is 53.1. The standard InChI is InChI=1S/C17H21N3O.2C7H8ClNO.C7H6ClNO.C7H8N2O3.C7H9NO.C7H9N.C2H3ClO/c1-13(21)6-7-14-12-15-16(18-14)4-3-5-17(15)20-10-8-19(2)9-11-20;1-5-6(2)9(10)4-3-7(5)8;2*1-5-6(8)2-3-9-7(5)4-10;1-5-6(2)8(10)4-3-7(5)9(11)12;1-6-4-3-5-8(9)7(6)2;1-6-4-3-5-8-7(6)2;1-2(3)4/h3-7H,8-12H2,1-2H3;3-4H,1-2H3;2-3,10H,4H2,1H3;2-4H,1H3;3-4H,1-2H3;3-5H,1-2H3;3-5H,1-2H3;1H3/b7-6+;;;;;;;. The van der Waals surface area contributed by atoms with Crippen molar-refractivity contribution in [3.05, 3.63) is 230 Å². The molecule has 1 fully saturated rings. The number of anilines is 1. The molecule has 0 unspecified atom stereocenters. The lowest BCUT2D eigenvalue weighted by Gasteiger charge is -2.35. The fourth-order valence-electron chi connectivity index (χ4n) is 7.10. The number of carbonyl (C=O) groups excluding carboxylic acids is 3. The first-order valence-corrected chi connectivity index (χ1v) is 27.5. The normalized spacial score (nSPS) is 11.8. The van der Waals surface area contributed by atoms with Crippen LogP contribution in [0.1, 0.15) is 91.7 Å². The van der Waals surface area contributed by atoms with Crippen molar-refractivity contribution in [2.75, 3.05) is 38.1 Å². The lowest BCUT2D eigenvalue weighted by Crippen LogP contribution is -2.44. The van der Waals surface area contributed by atoms with E-state index < -0.39 is 4.92 Å². The monoisotopic (exact) mass is 1230 g/mol. The molecule has 0 aliphatic carbocycles. The van der Waals surface area contributed by atoms with Crippen molar-refractivity contribution in [2.24, 2.45) is 4.99 Å². The van der Waals surface area contributed by atoms with Gasteiger partial charge in [-0.3, -0.25) is 44.4 Å². The Morgan fingerprint density at radius 1 is 0.667 bits per heavy atom. The molecule has 1 N–H and O–H groups in total. The molecule has 0 amide bonds. The molecule has 84 heavy (non-hydrogen) atoms. The number of hydrogen-bond acceptors (Lipinski definition) is 15. The Hall–Kier alpha value is -7.78. The highest BCUT2D eigenvalue weighted by Crippen LogP contribution is 2.35. The van der Waals surface area contributed by atoms with Crippen molar-refractivity contribution in [1.29, 1.82) is 0 Å². The van der Waals surface area contributed by atoms with Crippen LogP contribution in [0.4, 0.5) is 17.1 Å². The number of hydrogen-bond donors (Lipinski definition) is 1. The van der Waals surface area contributed by atoms with E-state index in [0.717, 1.165) is 93.3 Å². The number of benzene rings is 1. The number of nitrogens with zero attached hydrogens (tertiary/aromatic N) is 10. The second-order valence-electron chi connectivity index (χ2n) is 18.9. The Morgan fingerprint density at radius 2 is 1.21 bits per heavy atom. The van der Waals surface area contributed by atoms with E-state index >= 15 is 0 Å². The zero-order valence-corrected chi connectivity index (χ0v) is 52.5. The molecule has 0 bridgehead atoms. The highest BCUT2D eigenvalue weighted by Gasteiger charge is 2.22. The quantitative estimate of drug-likeness (QED) is 0.0309. The highest BCUT2D eigenvalue weighted by atomic mass is 35.5. The van der Waals surface area contributed by atoms with Gasteiger partial charge < -0.3 is 30.5 Å². The molecule has 0 atom stereocenters.